The summed E-state index contributed by atoms with van der Waals surface area (Å²) in [6.45, 7) is 5.62. The Balaban J connectivity index is 3.61. The number of hydrogen-bond acceptors (Lipinski definition) is 4. The molecule has 0 heterocycles. The van der Waals surface area contributed by atoms with Crippen LogP contribution in [0, 0.1) is 0 Å². The van der Waals surface area contributed by atoms with Crippen molar-refractivity contribution < 1.29 is 32.3 Å². The third-order valence-corrected chi connectivity index (χ3v) is 2.47. The average Bonchev–Trinajstić information content (AvgIpc) is 2.39. The van der Waals surface area contributed by atoms with Gasteiger partial charge in [-0.2, -0.15) is 13.2 Å². The summed E-state index contributed by atoms with van der Waals surface area (Å²) in [6.07, 6.45) is -4.88. The van der Waals surface area contributed by atoms with E-state index in [1.54, 1.807) is 26.1 Å². The van der Waals surface area contributed by atoms with Crippen molar-refractivity contribution in [2.75, 3.05) is 19.6 Å². The fourth-order valence-electron chi connectivity index (χ4n) is 1.46. The molecule has 0 unspecified atom stereocenters. The molecule has 0 rings (SSSR count). The molecule has 0 aliphatic rings. The maximum atomic E-state index is 11.9. The molecule has 0 fully saturated rings. The first-order valence-electron chi connectivity index (χ1n) is 7.50. The lowest BCUT2D eigenvalue weighted by Gasteiger charge is -2.19. The van der Waals surface area contributed by atoms with Crippen LogP contribution in [0.4, 0.5) is 18.0 Å². The summed E-state index contributed by atoms with van der Waals surface area (Å²) in [5.74, 6) is -2.36. The van der Waals surface area contributed by atoms with E-state index in [-0.39, 0.29) is 25.3 Å². The number of nitrogens with one attached hydrogen (secondary N) is 3. The summed E-state index contributed by atoms with van der Waals surface area (Å²) in [5, 5.41) is 6.76. The highest BCUT2D eigenvalue weighted by Gasteiger charge is 2.38. The van der Waals surface area contributed by atoms with Gasteiger partial charge < -0.3 is 20.7 Å². The van der Waals surface area contributed by atoms with E-state index in [1.165, 1.54) is 0 Å². The van der Waals surface area contributed by atoms with Crippen LogP contribution in [-0.2, 0) is 14.3 Å². The van der Waals surface area contributed by atoms with Gasteiger partial charge in [-0.25, -0.2) is 4.79 Å². The van der Waals surface area contributed by atoms with E-state index in [9.17, 15) is 27.6 Å². The normalized spacial score (nSPS) is 11.6. The summed E-state index contributed by atoms with van der Waals surface area (Å²) in [6, 6.07) is 0. The van der Waals surface area contributed by atoms with Crippen molar-refractivity contribution in [3.8, 4) is 0 Å². The minimum Gasteiger partial charge on any atom is -0.444 e. The molecule has 0 saturated carbocycles. The van der Waals surface area contributed by atoms with Gasteiger partial charge >= 0.3 is 18.2 Å². The summed E-state index contributed by atoms with van der Waals surface area (Å²) in [4.78, 5) is 33.2. The Kier molecular flexibility index (Phi) is 9.16. The molecule has 0 aliphatic heterocycles. The first kappa shape index (κ1) is 22.0. The fraction of sp³-hybridized carbons (Fsp3) is 0.786. The van der Waals surface area contributed by atoms with Crippen LogP contribution in [0.5, 0.6) is 0 Å². The lowest BCUT2D eigenvalue weighted by atomic mass is 10.2. The van der Waals surface area contributed by atoms with Gasteiger partial charge in [0.15, 0.2) is 0 Å². The zero-order chi connectivity index (χ0) is 18.8. The zero-order valence-electron chi connectivity index (χ0n) is 14.0. The predicted octanol–water partition coefficient (Wildman–Crippen LogP) is 1.48. The number of ether oxygens (including phenoxy) is 1. The van der Waals surface area contributed by atoms with Gasteiger partial charge in [0.2, 0.25) is 5.91 Å². The molecule has 0 atom stereocenters. The van der Waals surface area contributed by atoms with E-state index in [1.807, 2.05) is 0 Å². The van der Waals surface area contributed by atoms with Crippen molar-refractivity contribution >= 4 is 17.9 Å². The molecular formula is C14H24F3N3O4. The van der Waals surface area contributed by atoms with Crippen LogP contribution in [0.15, 0.2) is 0 Å². The fourth-order valence-corrected chi connectivity index (χ4v) is 1.46. The van der Waals surface area contributed by atoms with Gasteiger partial charge in [0, 0.05) is 26.1 Å². The third kappa shape index (κ3) is 12.5. The molecule has 0 aromatic carbocycles. The van der Waals surface area contributed by atoms with Gasteiger partial charge in [-0.05, 0) is 33.6 Å². The van der Waals surface area contributed by atoms with Gasteiger partial charge in [0.1, 0.15) is 5.60 Å². The molecule has 0 spiro atoms. The van der Waals surface area contributed by atoms with E-state index in [0.717, 1.165) is 0 Å². The number of halogens is 3. The molecule has 3 N–H and O–H groups in total. The van der Waals surface area contributed by atoms with Crippen LogP contribution in [0.3, 0.4) is 0 Å². The van der Waals surface area contributed by atoms with Crippen molar-refractivity contribution in [2.45, 2.75) is 51.8 Å². The van der Waals surface area contributed by atoms with Gasteiger partial charge in [0.05, 0.1) is 0 Å². The number of amides is 3. The highest BCUT2D eigenvalue weighted by atomic mass is 19.4. The summed E-state index contributed by atoms with van der Waals surface area (Å²) in [7, 11) is 0. The average molecular weight is 355 g/mol. The minimum absolute atomic E-state index is 0.00235. The minimum atomic E-state index is -4.91. The quantitative estimate of drug-likeness (QED) is 0.575. The van der Waals surface area contributed by atoms with Crippen molar-refractivity contribution in [3.63, 3.8) is 0 Å². The van der Waals surface area contributed by atoms with Crippen LogP contribution in [0.1, 0.15) is 40.0 Å². The Morgan fingerprint density at radius 3 is 1.96 bits per heavy atom. The van der Waals surface area contributed by atoms with Crippen molar-refractivity contribution in [1.29, 1.82) is 0 Å². The smallest absolute Gasteiger partial charge is 0.444 e. The molecule has 0 aromatic heterocycles. The number of hydrogen-bond donors (Lipinski definition) is 3. The van der Waals surface area contributed by atoms with Crippen molar-refractivity contribution in [1.82, 2.24) is 16.0 Å². The zero-order valence-corrected chi connectivity index (χ0v) is 14.0. The monoisotopic (exact) mass is 355 g/mol. The van der Waals surface area contributed by atoms with Gasteiger partial charge in [0.25, 0.3) is 0 Å². The maximum absolute atomic E-state index is 11.9. The van der Waals surface area contributed by atoms with E-state index >= 15 is 0 Å². The number of alkyl carbamates (subject to hydrolysis) is 1. The van der Waals surface area contributed by atoms with Crippen molar-refractivity contribution in [3.05, 3.63) is 0 Å². The van der Waals surface area contributed by atoms with E-state index < -0.39 is 23.8 Å². The van der Waals surface area contributed by atoms with Crippen LogP contribution in [0.25, 0.3) is 0 Å². The van der Waals surface area contributed by atoms with Gasteiger partial charge in [-0.3, -0.25) is 9.59 Å². The second-order valence-electron chi connectivity index (χ2n) is 5.99. The SMILES string of the molecule is CC(C)(C)OC(=O)NCCCNC(=O)CCCNC(=O)C(F)(F)F. The van der Waals surface area contributed by atoms with Gasteiger partial charge in [-0.1, -0.05) is 0 Å². The van der Waals surface area contributed by atoms with Gasteiger partial charge in [-0.15, -0.1) is 0 Å². The Bertz CT molecular complexity index is 434. The third-order valence-electron chi connectivity index (χ3n) is 2.47. The topological polar surface area (TPSA) is 96.5 Å². The standard InChI is InChI=1S/C14H24F3N3O4/c1-13(2,3)24-12(23)20-9-5-8-18-10(21)6-4-7-19-11(22)14(15,16)17/h4-9H2,1-3H3,(H,18,21)(H,19,22)(H,20,23). The van der Waals surface area contributed by atoms with Crippen LogP contribution >= 0.6 is 0 Å². The van der Waals surface area contributed by atoms with Crippen molar-refractivity contribution in [2.24, 2.45) is 0 Å². The van der Waals surface area contributed by atoms with E-state index in [0.29, 0.717) is 19.5 Å². The number of carbonyl (C=O) groups is 3. The molecule has 140 valence electrons. The lowest BCUT2D eigenvalue weighted by molar-refractivity contribution is -0.173. The molecule has 24 heavy (non-hydrogen) atoms. The molecule has 0 aromatic rings. The molecule has 0 bridgehead atoms. The number of carbonyl (C=O) groups excluding carboxylic acids is 3. The summed E-state index contributed by atoms with van der Waals surface area (Å²) >= 11 is 0. The van der Waals surface area contributed by atoms with Crippen LogP contribution in [0.2, 0.25) is 0 Å². The first-order valence-corrected chi connectivity index (χ1v) is 7.50. The molecule has 3 amide bonds. The molecule has 0 aliphatic carbocycles. The second-order valence-corrected chi connectivity index (χ2v) is 5.99. The number of rotatable bonds is 8. The number of alkyl halides is 3. The highest BCUT2D eigenvalue weighted by Crippen LogP contribution is 2.13. The molecule has 7 nitrogen and oxygen atoms in total. The van der Waals surface area contributed by atoms with Crippen LogP contribution in [-0.4, -0.2) is 49.3 Å². The predicted molar refractivity (Wildman–Crippen MR) is 80.2 cm³/mol. The Hall–Kier alpha value is -2.00. The Morgan fingerprint density at radius 2 is 1.42 bits per heavy atom. The van der Waals surface area contributed by atoms with E-state index in [2.05, 4.69) is 10.6 Å². The van der Waals surface area contributed by atoms with Crippen LogP contribution < -0.4 is 16.0 Å². The molecule has 0 radical (unpaired) electrons. The highest BCUT2D eigenvalue weighted by molar-refractivity contribution is 5.81. The largest absolute Gasteiger partial charge is 0.471 e. The second kappa shape index (κ2) is 9.99. The van der Waals surface area contributed by atoms with E-state index in [4.69, 9.17) is 4.74 Å². The molecule has 10 heteroatoms. The Morgan fingerprint density at radius 1 is 0.875 bits per heavy atom. The summed E-state index contributed by atoms with van der Waals surface area (Å²) in [5.41, 5.74) is -0.583. The molecule has 0 saturated heterocycles. The Labute approximate surface area is 138 Å². The first-order chi connectivity index (χ1) is 10.9. The maximum Gasteiger partial charge on any atom is 0.471 e. The molecular weight excluding hydrogens is 331 g/mol. The summed E-state index contributed by atoms with van der Waals surface area (Å²) < 4.78 is 40.7. The lowest BCUT2D eigenvalue weighted by Crippen LogP contribution is -2.37.